The van der Waals surface area contributed by atoms with Crippen LogP contribution in [0.4, 0.5) is 24.7 Å². The first-order chi connectivity index (χ1) is 9.77. The third kappa shape index (κ3) is 3.63. The lowest BCUT2D eigenvalue weighted by molar-refractivity contribution is -0.141. The number of carboxylic acid groups (broad SMARTS) is 1. The summed E-state index contributed by atoms with van der Waals surface area (Å²) < 4.78 is 37.6. The zero-order chi connectivity index (χ0) is 15.6. The van der Waals surface area contributed by atoms with E-state index in [1.165, 1.54) is 30.3 Å². The van der Waals surface area contributed by atoms with Crippen LogP contribution in [-0.4, -0.2) is 16.1 Å². The second kappa shape index (κ2) is 5.61. The summed E-state index contributed by atoms with van der Waals surface area (Å²) in [6.45, 7) is 0. The highest BCUT2D eigenvalue weighted by atomic mass is 35.5. The van der Waals surface area contributed by atoms with Gasteiger partial charge in [-0.25, -0.2) is 9.78 Å². The average molecular weight is 317 g/mol. The Balaban J connectivity index is 2.28. The summed E-state index contributed by atoms with van der Waals surface area (Å²) >= 11 is 5.88. The number of nitrogens with one attached hydrogen (secondary N) is 1. The molecule has 2 rings (SSSR count). The molecule has 1 aromatic heterocycles. The maximum Gasteiger partial charge on any atom is 0.433 e. The first-order valence-corrected chi connectivity index (χ1v) is 5.99. The van der Waals surface area contributed by atoms with E-state index in [4.69, 9.17) is 16.7 Å². The van der Waals surface area contributed by atoms with Crippen LogP contribution in [0.15, 0.2) is 36.4 Å². The van der Waals surface area contributed by atoms with Gasteiger partial charge in [0.15, 0.2) is 0 Å². The van der Waals surface area contributed by atoms with Gasteiger partial charge < -0.3 is 10.4 Å². The van der Waals surface area contributed by atoms with Crippen LogP contribution in [0.3, 0.4) is 0 Å². The van der Waals surface area contributed by atoms with Crippen molar-refractivity contribution >= 4 is 29.1 Å². The number of rotatable bonds is 3. The Morgan fingerprint density at radius 2 is 1.95 bits per heavy atom. The second-order valence-corrected chi connectivity index (χ2v) is 4.44. The van der Waals surface area contributed by atoms with Gasteiger partial charge in [-0.2, -0.15) is 13.2 Å². The van der Waals surface area contributed by atoms with Crippen molar-refractivity contribution < 1.29 is 23.1 Å². The van der Waals surface area contributed by atoms with Crippen molar-refractivity contribution in [2.24, 2.45) is 0 Å². The molecule has 21 heavy (non-hydrogen) atoms. The van der Waals surface area contributed by atoms with E-state index < -0.39 is 17.8 Å². The maximum absolute atomic E-state index is 12.5. The molecule has 8 heteroatoms. The molecule has 0 fully saturated rings. The van der Waals surface area contributed by atoms with Crippen molar-refractivity contribution in [3.63, 3.8) is 0 Å². The van der Waals surface area contributed by atoms with Gasteiger partial charge >= 0.3 is 12.1 Å². The number of carbonyl (C=O) groups is 1. The number of halogens is 4. The first kappa shape index (κ1) is 15.1. The van der Waals surface area contributed by atoms with Crippen LogP contribution in [0.5, 0.6) is 0 Å². The molecule has 0 saturated heterocycles. The number of hydrogen-bond donors (Lipinski definition) is 2. The maximum atomic E-state index is 12.5. The molecule has 0 spiro atoms. The molecule has 0 aliphatic heterocycles. The quantitative estimate of drug-likeness (QED) is 0.891. The second-order valence-electron chi connectivity index (χ2n) is 4.03. The van der Waals surface area contributed by atoms with Gasteiger partial charge in [0.2, 0.25) is 0 Å². The van der Waals surface area contributed by atoms with Gasteiger partial charge in [-0.15, -0.1) is 0 Å². The average Bonchev–Trinajstić information content (AvgIpc) is 2.40. The zero-order valence-corrected chi connectivity index (χ0v) is 11.0. The van der Waals surface area contributed by atoms with Crippen LogP contribution < -0.4 is 5.32 Å². The number of nitrogens with zero attached hydrogens (tertiary/aromatic N) is 1. The van der Waals surface area contributed by atoms with E-state index in [0.717, 1.165) is 6.07 Å². The first-order valence-electron chi connectivity index (χ1n) is 5.61. The van der Waals surface area contributed by atoms with Crippen molar-refractivity contribution in [3.8, 4) is 0 Å². The number of anilines is 2. The van der Waals surface area contributed by atoms with Crippen LogP contribution in [0.1, 0.15) is 16.1 Å². The third-order valence-electron chi connectivity index (χ3n) is 2.52. The fourth-order valence-electron chi connectivity index (χ4n) is 1.55. The van der Waals surface area contributed by atoms with Crippen molar-refractivity contribution in [3.05, 3.63) is 52.7 Å². The predicted molar refractivity (Wildman–Crippen MR) is 70.9 cm³/mol. The van der Waals surface area contributed by atoms with Gasteiger partial charge in [-0.05, 0) is 30.3 Å². The molecule has 2 N–H and O–H groups in total. The van der Waals surface area contributed by atoms with Crippen LogP contribution in [-0.2, 0) is 6.18 Å². The topological polar surface area (TPSA) is 62.2 Å². The summed E-state index contributed by atoms with van der Waals surface area (Å²) in [6.07, 6.45) is -4.55. The van der Waals surface area contributed by atoms with Gasteiger partial charge in [-0.1, -0.05) is 17.7 Å². The molecule has 4 nitrogen and oxygen atoms in total. The number of benzene rings is 1. The third-order valence-corrected chi connectivity index (χ3v) is 2.83. The number of aromatic nitrogens is 1. The highest BCUT2D eigenvalue weighted by molar-refractivity contribution is 6.33. The number of hydrogen-bond acceptors (Lipinski definition) is 3. The minimum Gasteiger partial charge on any atom is -0.478 e. The van der Waals surface area contributed by atoms with E-state index in [1.54, 1.807) is 0 Å². The van der Waals surface area contributed by atoms with Crippen LogP contribution >= 0.6 is 11.6 Å². The van der Waals surface area contributed by atoms with Gasteiger partial charge in [0.05, 0.1) is 16.3 Å². The molecule has 0 bridgehead atoms. The number of pyridine rings is 1. The van der Waals surface area contributed by atoms with Gasteiger partial charge in [-0.3, -0.25) is 0 Å². The predicted octanol–water partition coefficient (Wildman–Crippen LogP) is 4.20. The van der Waals surface area contributed by atoms with E-state index in [0.29, 0.717) is 0 Å². The molecular weight excluding hydrogens is 309 g/mol. The lowest BCUT2D eigenvalue weighted by Crippen LogP contribution is -2.09. The molecule has 2 aromatic rings. The highest BCUT2D eigenvalue weighted by Gasteiger charge is 2.32. The summed E-state index contributed by atoms with van der Waals surface area (Å²) in [4.78, 5) is 14.2. The molecule has 0 atom stereocenters. The van der Waals surface area contributed by atoms with Crippen LogP contribution in [0.25, 0.3) is 0 Å². The molecule has 110 valence electrons. The number of carboxylic acids is 1. The fourth-order valence-corrected chi connectivity index (χ4v) is 1.78. The van der Waals surface area contributed by atoms with Crippen molar-refractivity contribution in [1.82, 2.24) is 4.98 Å². The highest BCUT2D eigenvalue weighted by Crippen LogP contribution is 2.30. The van der Waals surface area contributed by atoms with E-state index in [-0.39, 0.29) is 22.1 Å². The van der Waals surface area contributed by atoms with Gasteiger partial charge in [0.1, 0.15) is 11.5 Å². The van der Waals surface area contributed by atoms with E-state index in [1.807, 2.05) is 0 Å². The summed E-state index contributed by atoms with van der Waals surface area (Å²) in [5.74, 6) is -1.20. The SMILES string of the molecule is O=C(O)c1ccc(Nc2cccc(C(F)(F)F)n2)c(Cl)c1. The summed E-state index contributed by atoms with van der Waals surface area (Å²) in [6, 6.07) is 7.23. The molecule has 0 radical (unpaired) electrons. The normalized spacial score (nSPS) is 11.2. The smallest absolute Gasteiger partial charge is 0.433 e. The lowest BCUT2D eigenvalue weighted by atomic mass is 10.2. The molecular formula is C13H8ClF3N2O2. The molecule has 0 saturated carbocycles. The summed E-state index contributed by atoms with van der Waals surface area (Å²) in [7, 11) is 0. The minimum absolute atomic E-state index is 0.0254. The standard InChI is InChI=1S/C13H8ClF3N2O2/c14-8-6-7(12(20)21)4-5-9(8)18-11-3-1-2-10(19-11)13(15,16)17/h1-6H,(H,18,19)(H,20,21). The Morgan fingerprint density at radius 3 is 2.52 bits per heavy atom. The zero-order valence-electron chi connectivity index (χ0n) is 10.3. The van der Waals surface area contributed by atoms with Crippen molar-refractivity contribution in [1.29, 1.82) is 0 Å². The van der Waals surface area contributed by atoms with Crippen molar-refractivity contribution in [2.75, 3.05) is 5.32 Å². The van der Waals surface area contributed by atoms with E-state index in [2.05, 4.69) is 10.3 Å². The lowest BCUT2D eigenvalue weighted by Gasteiger charge is -2.11. The number of alkyl halides is 3. The Hall–Kier alpha value is -2.28. The number of aromatic carboxylic acids is 1. The Labute approximate surface area is 122 Å². The van der Waals surface area contributed by atoms with Gasteiger partial charge in [0, 0.05) is 0 Å². The molecule has 0 aliphatic carbocycles. The molecule has 1 heterocycles. The molecule has 0 unspecified atom stereocenters. The Morgan fingerprint density at radius 1 is 1.24 bits per heavy atom. The summed E-state index contributed by atoms with van der Waals surface area (Å²) in [5, 5.41) is 11.5. The van der Waals surface area contributed by atoms with Crippen LogP contribution in [0, 0.1) is 0 Å². The molecule has 0 aliphatic rings. The fraction of sp³-hybridized carbons (Fsp3) is 0.0769. The largest absolute Gasteiger partial charge is 0.478 e. The van der Waals surface area contributed by atoms with Crippen LogP contribution in [0.2, 0.25) is 5.02 Å². The van der Waals surface area contributed by atoms with E-state index >= 15 is 0 Å². The minimum atomic E-state index is -4.55. The molecule has 1 aromatic carbocycles. The Kier molecular flexibility index (Phi) is 4.04. The van der Waals surface area contributed by atoms with Gasteiger partial charge in [0.25, 0.3) is 0 Å². The monoisotopic (exact) mass is 316 g/mol. The summed E-state index contributed by atoms with van der Waals surface area (Å²) in [5.41, 5.74) is -0.804. The molecule has 0 amide bonds. The Bertz CT molecular complexity index is 689. The van der Waals surface area contributed by atoms with Crippen molar-refractivity contribution in [2.45, 2.75) is 6.18 Å². The van der Waals surface area contributed by atoms with E-state index in [9.17, 15) is 18.0 Å².